The van der Waals surface area contributed by atoms with Gasteiger partial charge >= 0.3 is 5.97 Å². The Morgan fingerprint density at radius 3 is 2.68 bits per heavy atom. The van der Waals surface area contributed by atoms with E-state index in [4.69, 9.17) is 9.84 Å². The van der Waals surface area contributed by atoms with E-state index in [1.54, 1.807) is 31.2 Å². The maximum Gasteiger partial charge on any atom is 0.307 e. The van der Waals surface area contributed by atoms with Crippen molar-refractivity contribution in [2.24, 2.45) is 0 Å². The van der Waals surface area contributed by atoms with Crippen LogP contribution >= 0.6 is 0 Å². The third kappa shape index (κ3) is 4.09. The number of ether oxygens (including phenoxy) is 1. The topological polar surface area (TPSA) is 136 Å². The molecule has 0 saturated heterocycles. The van der Waals surface area contributed by atoms with Gasteiger partial charge in [-0.05, 0) is 53.2 Å². The second-order valence-corrected chi connectivity index (χ2v) is 7.50. The zero-order valence-corrected chi connectivity index (χ0v) is 15.8. The number of rotatable bonds is 7. The molecule has 0 bridgehead atoms. The first-order chi connectivity index (χ1) is 13.3. The van der Waals surface area contributed by atoms with Crippen LogP contribution in [0.25, 0.3) is 5.69 Å². The summed E-state index contributed by atoms with van der Waals surface area (Å²) in [5, 5.41) is 20.2. The van der Waals surface area contributed by atoms with Crippen LogP contribution in [0.2, 0.25) is 0 Å². The molecule has 3 rings (SSSR count). The first kappa shape index (κ1) is 19.3. The average Bonchev–Trinajstić information content (AvgIpc) is 3.07. The summed E-state index contributed by atoms with van der Waals surface area (Å²) in [5.41, 5.74) is 1.21. The molecule has 0 amide bonds. The lowest BCUT2D eigenvalue weighted by Gasteiger charge is -2.13. The molecule has 11 heteroatoms. The molecule has 0 atom stereocenters. The molecule has 0 saturated carbocycles. The highest BCUT2D eigenvalue weighted by Gasteiger charge is 2.21. The first-order valence-corrected chi connectivity index (χ1v) is 9.55. The van der Waals surface area contributed by atoms with E-state index in [-0.39, 0.29) is 22.8 Å². The molecule has 2 aromatic carbocycles. The number of carboxylic acids is 1. The maximum atomic E-state index is 12.9. The largest absolute Gasteiger partial charge is 0.495 e. The number of aromatic nitrogens is 4. The number of hydrogen-bond donors (Lipinski definition) is 2. The summed E-state index contributed by atoms with van der Waals surface area (Å²) >= 11 is 0. The minimum atomic E-state index is -4.04. The molecule has 1 aromatic heterocycles. The smallest absolute Gasteiger partial charge is 0.307 e. The third-order valence-electron chi connectivity index (χ3n) is 3.84. The Balaban J connectivity index is 1.96. The molecule has 10 nitrogen and oxygen atoms in total. The quantitative estimate of drug-likeness (QED) is 0.604. The zero-order valence-electron chi connectivity index (χ0n) is 15.0. The van der Waals surface area contributed by atoms with Crippen LogP contribution in [0.15, 0.2) is 47.4 Å². The van der Waals surface area contributed by atoms with E-state index >= 15 is 0 Å². The van der Waals surface area contributed by atoms with Gasteiger partial charge in [0.25, 0.3) is 10.0 Å². The van der Waals surface area contributed by atoms with Crippen molar-refractivity contribution in [2.45, 2.75) is 18.2 Å². The van der Waals surface area contributed by atoms with Gasteiger partial charge in [0.2, 0.25) is 0 Å². The third-order valence-corrected chi connectivity index (χ3v) is 5.24. The molecule has 3 aromatic rings. The van der Waals surface area contributed by atoms with Crippen LogP contribution in [0.1, 0.15) is 11.4 Å². The van der Waals surface area contributed by atoms with Gasteiger partial charge in [-0.3, -0.25) is 9.52 Å². The Hall–Kier alpha value is -3.47. The van der Waals surface area contributed by atoms with Crippen molar-refractivity contribution in [3.05, 3.63) is 53.9 Å². The number of hydrogen-bond acceptors (Lipinski definition) is 7. The van der Waals surface area contributed by atoms with E-state index in [0.717, 1.165) is 0 Å². The Labute approximate surface area is 160 Å². The Morgan fingerprint density at radius 1 is 1.25 bits per heavy atom. The lowest BCUT2D eigenvalue weighted by atomic mass is 10.1. The number of aryl methyl sites for hydroxylation is 1. The van der Waals surface area contributed by atoms with E-state index in [1.807, 2.05) is 0 Å². The maximum absolute atomic E-state index is 12.9. The fourth-order valence-electron chi connectivity index (χ4n) is 2.60. The Bertz CT molecular complexity index is 1130. The molecular weight excluding hydrogens is 386 g/mol. The number of nitrogens with zero attached hydrogens (tertiary/aromatic N) is 4. The second kappa shape index (κ2) is 7.64. The molecule has 0 radical (unpaired) electrons. The van der Waals surface area contributed by atoms with Crippen LogP contribution in [-0.2, 0) is 21.2 Å². The van der Waals surface area contributed by atoms with Gasteiger partial charge in [0, 0.05) is 0 Å². The highest BCUT2D eigenvalue weighted by Crippen LogP contribution is 2.28. The molecule has 0 spiro atoms. The minimum Gasteiger partial charge on any atom is -0.495 e. The molecule has 28 heavy (non-hydrogen) atoms. The van der Waals surface area contributed by atoms with Crippen LogP contribution < -0.4 is 9.46 Å². The van der Waals surface area contributed by atoms with Crippen molar-refractivity contribution in [3.63, 3.8) is 0 Å². The number of tetrazole rings is 1. The van der Waals surface area contributed by atoms with Gasteiger partial charge in [0.1, 0.15) is 10.6 Å². The molecule has 0 unspecified atom stereocenters. The fourth-order valence-corrected chi connectivity index (χ4v) is 3.87. The normalized spacial score (nSPS) is 11.2. The van der Waals surface area contributed by atoms with Crippen molar-refractivity contribution in [3.8, 4) is 11.4 Å². The number of benzene rings is 2. The molecule has 146 valence electrons. The van der Waals surface area contributed by atoms with Crippen molar-refractivity contribution >= 4 is 21.7 Å². The molecule has 0 aliphatic heterocycles. The summed E-state index contributed by atoms with van der Waals surface area (Å²) in [6.45, 7) is 1.72. The minimum absolute atomic E-state index is 0.106. The SMILES string of the molecule is COc1ccc(CC(=O)O)cc1S(=O)(=O)Nc1cccc(-n2nnnc2C)c1. The fraction of sp³-hybridized carbons (Fsp3) is 0.176. The van der Waals surface area contributed by atoms with Crippen molar-refractivity contribution in [1.29, 1.82) is 0 Å². The average molecular weight is 403 g/mol. The second-order valence-electron chi connectivity index (χ2n) is 5.85. The van der Waals surface area contributed by atoms with Gasteiger partial charge in [0.05, 0.1) is 24.9 Å². The van der Waals surface area contributed by atoms with Gasteiger partial charge in [-0.25, -0.2) is 8.42 Å². The highest BCUT2D eigenvalue weighted by molar-refractivity contribution is 7.92. The number of aliphatic carboxylic acids is 1. The van der Waals surface area contributed by atoms with Gasteiger partial charge in [0.15, 0.2) is 5.82 Å². The zero-order chi connectivity index (χ0) is 20.3. The van der Waals surface area contributed by atoms with Crippen LogP contribution in [0, 0.1) is 6.92 Å². The van der Waals surface area contributed by atoms with Crippen LogP contribution in [0.5, 0.6) is 5.75 Å². The van der Waals surface area contributed by atoms with Crippen molar-refractivity contribution in [1.82, 2.24) is 20.2 Å². The van der Waals surface area contributed by atoms with Crippen molar-refractivity contribution in [2.75, 3.05) is 11.8 Å². The lowest BCUT2D eigenvalue weighted by Crippen LogP contribution is -2.15. The summed E-state index contributed by atoms with van der Waals surface area (Å²) in [4.78, 5) is 10.8. The Morgan fingerprint density at radius 2 is 2.04 bits per heavy atom. The monoisotopic (exact) mass is 403 g/mol. The van der Waals surface area contributed by atoms with E-state index in [0.29, 0.717) is 17.1 Å². The summed E-state index contributed by atoms with van der Waals surface area (Å²) in [6, 6.07) is 10.8. The molecule has 0 aliphatic rings. The van der Waals surface area contributed by atoms with Gasteiger partial charge < -0.3 is 9.84 Å². The summed E-state index contributed by atoms with van der Waals surface area (Å²) < 4.78 is 34.9. The van der Waals surface area contributed by atoms with E-state index in [1.165, 1.54) is 30.0 Å². The van der Waals surface area contributed by atoms with Gasteiger partial charge in [-0.2, -0.15) is 4.68 Å². The molecule has 2 N–H and O–H groups in total. The highest BCUT2D eigenvalue weighted by atomic mass is 32.2. The summed E-state index contributed by atoms with van der Waals surface area (Å²) in [5.74, 6) is -0.414. The number of carbonyl (C=O) groups is 1. The number of sulfonamides is 1. The Kier molecular flexibility index (Phi) is 5.27. The standard InChI is InChI=1S/C17H17N5O5S/c1-11-18-20-21-22(11)14-5-3-4-13(10-14)19-28(25,26)16-8-12(9-17(23)24)6-7-15(16)27-2/h3-8,10,19H,9H2,1-2H3,(H,23,24). The van der Waals surface area contributed by atoms with E-state index in [9.17, 15) is 13.2 Å². The predicted octanol–water partition coefficient (Wildman–Crippen LogP) is 1.41. The molecule has 0 fully saturated rings. The van der Waals surface area contributed by atoms with Gasteiger partial charge in [-0.1, -0.05) is 12.1 Å². The van der Waals surface area contributed by atoms with Crippen LogP contribution in [0.4, 0.5) is 5.69 Å². The van der Waals surface area contributed by atoms with Crippen LogP contribution in [-0.4, -0.2) is 46.8 Å². The molecule has 0 aliphatic carbocycles. The summed E-state index contributed by atoms with van der Waals surface area (Å²) in [7, 11) is -2.70. The molecule has 1 heterocycles. The number of nitrogens with one attached hydrogen (secondary N) is 1. The van der Waals surface area contributed by atoms with Crippen LogP contribution in [0.3, 0.4) is 0 Å². The molecular formula is C17H17N5O5S. The number of anilines is 1. The lowest BCUT2D eigenvalue weighted by molar-refractivity contribution is -0.136. The number of carboxylic acid groups (broad SMARTS) is 1. The first-order valence-electron chi connectivity index (χ1n) is 8.07. The van der Waals surface area contributed by atoms with Crippen molar-refractivity contribution < 1.29 is 23.1 Å². The van der Waals surface area contributed by atoms with E-state index in [2.05, 4.69) is 20.2 Å². The predicted molar refractivity (Wildman–Crippen MR) is 99.0 cm³/mol. The van der Waals surface area contributed by atoms with E-state index < -0.39 is 16.0 Å². The van der Waals surface area contributed by atoms with Gasteiger partial charge in [-0.15, -0.1) is 5.10 Å². The number of methoxy groups -OCH3 is 1. The summed E-state index contributed by atoms with van der Waals surface area (Å²) in [6.07, 6.45) is -0.305.